The van der Waals surface area contributed by atoms with Crippen molar-refractivity contribution in [1.29, 1.82) is 5.26 Å². The molecule has 0 saturated carbocycles. The highest BCUT2D eigenvalue weighted by Gasteiger charge is 2.48. The van der Waals surface area contributed by atoms with Gasteiger partial charge in [-0.25, -0.2) is 14.4 Å². The Kier molecular flexibility index (Phi) is 5.37. The molecule has 5 heterocycles. The van der Waals surface area contributed by atoms with Crippen molar-refractivity contribution in [2.24, 2.45) is 5.73 Å². The van der Waals surface area contributed by atoms with E-state index >= 15 is 0 Å². The number of aliphatic hydroxyl groups is 1. The maximum Gasteiger partial charge on any atom is 0.177 e. The van der Waals surface area contributed by atoms with Crippen molar-refractivity contribution in [2.75, 3.05) is 4.90 Å². The van der Waals surface area contributed by atoms with Gasteiger partial charge in [0, 0.05) is 23.7 Å². The van der Waals surface area contributed by atoms with Crippen LogP contribution in [0.15, 0.2) is 12.1 Å². The van der Waals surface area contributed by atoms with Crippen molar-refractivity contribution in [3.63, 3.8) is 0 Å². The summed E-state index contributed by atoms with van der Waals surface area (Å²) in [6.45, 7) is 3.52. The molecule has 186 valence electrons. The Balaban J connectivity index is 1.49. The molecule has 0 aliphatic carbocycles. The molecule has 2 bridgehead atoms. The van der Waals surface area contributed by atoms with Gasteiger partial charge in [-0.05, 0) is 45.2 Å². The number of rotatable bonds is 4. The first-order chi connectivity index (χ1) is 17.3. The number of hydrogen-bond acceptors (Lipinski definition) is 8. The molecular formula is C24H25ClFN9O. The summed E-state index contributed by atoms with van der Waals surface area (Å²) in [5.41, 5.74) is 9.17. The van der Waals surface area contributed by atoms with Gasteiger partial charge in [0.25, 0.3) is 0 Å². The van der Waals surface area contributed by atoms with Gasteiger partial charge in [0.15, 0.2) is 11.5 Å². The molecule has 3 aromatic heterocycles. The lowest BCUT2D eigenvalue weighted by molar-refractivity contribution is 0.202. The van der Waals surface area contributed by atoms with Crippen molar-refractivity contribution in [2.45, 2.75) is 70.1 Å². The van der Waals surface area contributed by atoms with E-state index in [2.05, 4.69) is 21.4 Å². The lowest BCUT2D eigenvalue weighted by atomic mass is 9.96. The maximum atomic E-state index is 14.9. The molecule has 4 aromatic rings. The van der Waals surface area contributed by atoms with Gasteiger partial charge in [-0.2, -0.15) is 15.5 Å². The number of H-pyrrole nitrogens is 1. The number of benzene rings is 1. The van der Waals surface area contributed by atoms with E-state index in [1.165, 1.54) is 0 Å². The van der Waals surface area contributed by atoms with Crippen LogP contribution < -0.4 is 10.6 Å². The highest BCUT2D eigenvalue weighted by molar-refractivity contribution is 6.38. The zero-order chi connectivity index (χ0) is 25.3. The van der Waals surface area contributed by atoms with E-state index in [9.17, 15) is 14.8 Å². The molecule has 6 rings (SSSR count). The lowest BCUT2D eigenvalue weighted by Gasteiger charge is -2.41. The summed E-state index contributed by atoms with van der Waals surface area (Å²) in [5.74, 6) is 0.453. The van der Waals surface area contributed by atoms with Crippen molar-refractivity contribution in [3.8, 4) is 17.3 Å². The van der Waals surface area contributed by atoms with Gasteiger partial charge in [-0.15, -0.1) is 0 Å². The zero-order valence-corrected chi connectivity index (χ0v) is 20.5. The van der Waals surface area contributed by atoms with E-state index in [1.807, 2.05) is 18.7 Å². The molecule has 2 saturated heterocycles. The summed E-state index contributed by atoms with van der Waals surface area (Å²) in [4.78, 5) is 11.4. The van der Waals surface area contributed by atoms with E-state index in [4.69, 9.17) is 27.3 Å². The summed E-state index contributed by atoms with van der Waals surface area (Å²) < 4.78 is 16.6. The fourth-order valence-corrected chi connectivity index (χ4v) is 6.04. The number of fused-ring (bicyclic) bond motifs is 4. The van der Waals surface area contributed by atoms with Crippen LogP contribution in [0.25, 0.3) is 33.3 Å². The van der Waals surface area contributed by atoms with Gasteiger partial charge in [-0.1, -0.05) is 11.6 Å². The summed E-state index contributed by atoms with van der Waals surface area (Å²) in [5, 5.41) is 32.7. The summed E-state index contributed by atoms with van der Waals surface area (Å²) in [6, 6.07) is 4.94. The smallest absolute Gasteiger partial charge is 0.177 e. The standard InChI is InChI=1S/C24H25ClFN9O/c1-10(2)35-17(8-27)18-14(33-35)5-4-12(19(18)25)21-22-23(32-31-21)30-24(15(9-36)29-22)34-11-3-6-16(34)20(26)13(28)7-11/h4-5,10-11,13,16,20,36H,3,6-7,9,28H2,1-2H3,(H,30,31,32)/t11-,13-,16+,20-/m0/s1. The average Bonchev–Trinajstić information content (AvgIpc) is 3.55. The molecule has 0 spiro atoms. The summed E-state index contributed by atoms with van der Waals surface area (Å²) in [6.07, 6.45) is 0.853. The predicted molar refractivity (Wildman–Crippen MR) is 133 cm³/mol. The number of aromatic nitrogens is 6. The molecule has 10 nitrogen and oxygen atoms in total. The van der Waals surface area contributed by atoms with E-state index in [-0.39, 0.29) is 18.7 Å². The number of halogens is 2. The molecule has 0 unspecified atom stereocenters. The van der Waals surface area contributed by atoms with Gasteiger partial charge >= 0.3 is 0 Å². The molecular weight excluding hydrogens is 485 g/mol. The number of aliphatic hydroxyl groups excluding tert-OH is 1. The fraction of sp³-hybridized carbons (Fsp3) is 0.458. The van der Waals surface area contributed by atoms with Gasteiger partial charge in [0.1, 0.15) is 34.8 Å². The number of nitrogens with one attached hydrogen (secondary N) is 1. The Morgan fingerprint density at radius 2 is 2.14 bits per heavy atom. The number of nitrogens with zero attached hydrogens (tertiary/aromatic N) is 7. The third kappa shape index (κ3) is 3.21. The average molecular weight is 510 g/mol. The Hall–Kier alpha value is -3.33. The quantitative estimate of drug-likeness (QED) is 0.379. The largest absolute Gasteiger partial charge is 0.390 e. The number of anilines is 1. The van der Waals surface area contributed by atoms with Crippen LogP contribution in [0.3, 0.4) is 0 Å². The SMILES string of the molecule is CC(C)n1nc2ccc(-c3n[nH]c4nc(N5[C@H]6CC[C@@H]5[C@@H](F)[C@@H](N)C6)c(CO)nc34)c(Cl)c2c1C#N. The monoisotopic (exact) mass is 509 g/mol. The fourth-order valence-electron chi connectivity index (χ4n) is 5.70. The minimum absolute atomic E-state index is 0.0160. The first-order valence-corrected chi connectivity index (χ1v) is 12.4. The molecule has 0 radical (unpaired) electrons. The minimum Gasteiger partial charge on any atom is -0.390 e. The summed E-state index contributed by atoms with van der Waals surface area (Å²) in [7, 11) is 0. The Morgan fingerprint density at radius 1 is 1.33 bits per heavy atom. The number of aromatic amines is 1. The van der Waals surface area contributed by atoms with Gasteiger partial charge in [0.2, 0.25) is 0 Å². The van der Waals surface area contributed by atoms with Gasteiger partial charge < -0.3 is 15.7 Å². The number of piperidine rings is 1. The Morgan fingerprint density at radius 3 is 2.86 bits per heavy atom. The maximum absolute atomic E-state index is 14.9. The van der Waals surface area contributed by atoms with Crippen LogP contribution in [0.2, 0.25) is 5.02 Å². The molecule has 0 amide bonds. The normalized spacial score (nSPS) is 23.8. The van der Waals surface area contributed by atoms with Crippen LogP contribution in [0.1, 0.15) is 50.5 Å². The summed E-state index contributed by atoms with van der Waals surface area (Å²) >= 11 is 6.82. The Bertz CT molecular complexity index is 1540. The van der Waals surface area contributed by atoms with Crippen LogP contribution >= 0.6 is 11.6 Å². The number of hydrogen-bond donors (Lipinski definition) is 3. The van der Waals surface area contributed by atoms with Crippen LogP contribution in [0.5, 0.6) is 0 Å². The second-order valence-electron chi connectivity index (χ2n) is 9.79. The second kappa shape index (κ2) is 8.37. The van der Waals surface area contributed by atoms with Crippen LogP contribution in [0, 0.1) is 11.3 Å². The van der Waals surface area contributed by atoms with E-state index in [1.54, 1.807) is 16.8 Å². The van der Waals surface area contributed by atoms with E-state index in [0.29, 0.717) is 68.4 Å². The van der Waals surface area contributed by atoms with Crippen LogP contribution in [-0.4, -0.2) is 59.3 Å². The third-order valence-electron chi connectivity index (χ3n) is 7.36. The number of nitriles is 1. The molecule has 4 atom stereocenters. The molecule has 2 aliphatic rings. The van der Waals surface area contributed by atoms with E-state index in [0.717, 1.165) is 6.42 Å². The highest BCUT2D eigenvalue weighted by Crippen LogP contribution is 2.42. The molecule has 36 heavy (non-hydrogen) atoms. The molecule has 2 fully saturated rings. The number of alkyl halides is 1. The van der Waals surface area contributed by atoms with Crippen LogP contribution in [-0.2, 0) is 6.61 Å². The van der Waals surface area contributed by atoms with E-state index < -0.39 is 18.3 Å². The molecule has 4 N–H and O–H groups in total. The van der Waals surface area contributed by atoms with Gasteiger partial charge in [-0.3, -0.25) is 9.78 Å². The van der Waals surface area contributed by atoms with Crippen molar-refractivity contribution in [1.82, 2.24) is 29.9 Å². The molecule has 2 aliphatic heterocycles. The Labute approximate surface area is 210 Å². The second-order valence-corrected chi connectivity index (χ2v) is 10.2. The lowest BCUT2D eigenvalue weighted by Crippen LogP contribution is -2.56. The van der Waals surface area contributed by atoms with Gasteiger partial charge in [0.05, 0.1) is 28.6 Å². The number of nitrogens with two attached hydrogens (primary N) is 1. The zero-order valence-electron chi connectivity index (χ0n) is 19.8. The van der Waals surface area contributed by atoms with Crippen molar-refractivity contribution >= 4 is 39.5 Å². The third-order valence-corrected chi connectivity index (χ3v) is 7.75. The van der Waals surface area contributed by atoms with Crippen molar-refractivity contribution in [3.05, 3.63) is 28.5 Å². The predicted octanol–water partition coefficient (Wildman–Crippen LogP) is 3.37. The molecule has 1 aromatic carbocycles. The first-order valence-electron chi connectivity index (χ1n) is 12.0. The topological polar surface area (TPSA) is 146 Å². The van der Waals surface area contributed by atoms with Crippen LogP contribution in [0.4, 0.5) is 10.2 Å². The first kappa shape index (κ1) is 23.1. The highest BCUT2D eigenvalue weighted by atomic mass is 35.5. The van der Waals surface area contributed by atoms with Crippen molar-refractivity contribution < 1.29 is 9.50 Å². The molecule has 12 heteroatoms. The minimum atomic E-state index is -1.17.